The molecular formula is C22H21ClN2O2. The Morgan fingerprint density at radius 2 is 1.63 bits per heavy atom. The molecule has 1 unspecified atom stereocenters. The van der Waals surface area contributed by atoms with Gasteiger partial charge in [-0.1, -0.05) is 54.1 Å². The van der Waals surface area contributed by atoms with E-state index < -0.39 is 6.09 Å². The van der Waals surface area contributed by atoms with Crippen LogP contribution in [0.5, 0.6) is 0 Å². The van der Waals surface area contributed by atoms with Gasteiger partial charge in [0.1, 0.15) is 0 Å². The van der Waals surface area contributed by atoms with Gasteiger partial charge in [-0.15, -0.1) is 0 Å². The molecule has 0 aliphatic rings. The Labute approximate surface area is 164 Å². The van der Waals surface area contributed by atoms with Gasteiger partial charge in [-0.05, 0) is 53.8 Å². The standard InChI is InChI=1S/C22H21ClN2O2/c23-20-10-8-19(9-11-20)21(18-6-2-1-3-7-18)25-22(26)27-16-4-5-17-12-14-24-15-13-17/h1-3,6-15,21H,4-5,16H2,(H,25,26). The minimum absolute atomic E-state index is 0.295. The SMILES string of the molecule is O=C(NC(c1ccccc1)c1ccc(Cl)cc1)OCCCc1ccncc1. The summed E-state index contributed by atoms with van der Waals surface area (Å²) in [5, 5.41) is 3.61. The maximum Gasteiger partial charge on any atom is 0.407 e. The van der Waals surface area contributed by atoms with Crippen LogP contribution in [-0.2, 0) is 11.2 Å². The van der Waals surface area contributed by atoms with E-state index in [0.717, 1.165) is 24.0 Å². The summed E-state index contributed by atoms with van der Waals surface area (Å²) in [7, 11) is 0. The Hall–Kier alpha value is -2.85. The molecule has 0 saturated carbocycles. The highest BCUT2D eigenvalue weighted by molar-refractivity contribution is 6.30. The zero-order valence-corrected chi connectivity index (χ0v) is 15.6. The second-order valence-electron chi connectivity index (χ2n) is 6.13. The van der Waals surface area contributed by atoms with Crippen molar-refractivity contribution < 1.29 is 9.53 Å². The third-order valence-electron chi connectivity index (χ3n) is 4.19. The molecule has 1 atom stereocenters. The third kappa shape index (κ3) is 5.83. The highest BCUT2D eigenvalue weighted by atomic mass is 35.5. The fourth-order valence-corrected chi connectivity index (χ4v) is 2.94. The Morgan fingerprint density at radius 1 is 0.963 bits per heavy atom. The summed E-state index contributed by atoms with van der Waals surface area (Å²) in [6, 6.07) is 20.9. The Balaban J connectivity index is 1.58. The number of rotatable bonds is 7. The lowest BCUT2D eigenvalue weighted by molar-refractivity contribution is 0.142. The molecule has 1 N–H and O–H groups in total. The predicted octanol–water partition coefficient (Wildman–Crippen LogP) is 5.18. The van der Waals surface area contributed by atoms with E-state index in [1.165, 1.54) is 5.56 Å². The summed E-state index contributed by atoms with van der Waals surface area (Å²) < 4.78 is 5.37. The van der Waals surface area contributed by atoms with Crippen LogP contribution in [0.4, 0.5) is 4.79 Å². The molecule has 0 aliphatic carbocycles. The van der Waals surface area contributed by atoms with E-state index in [0.29, 0.717) is 11.6 Å². The fraction of sp³-hybridized carbons (Fsp3) is 0.182. The van der Waals surface area contributed by atoms with Crippen LogP contribution in [0, 0.1) is 0 Å². The number of nitrogens with zero attached hydrogens (tertiary/aromatic N) is 1. The molecule has 138 valence electrons. The fourth-order valence-electron chi connectivity index (χ4n) is 2.81. The molecule has 2 aromatic carbocycles. The summed E-state index contributed by atoms with van der Waals surface area (Å²) in [4.78, 5) is 16.3. The molecule has 3 rings (SSSR count). The second-order valence-corrected chi connectivity index (χ2v) is 6.57. The average Bonchev–Trinajstić information content (AvgIpc) is 2.72. The van der Waals surface area contributed by atoms with Crippen molar-refractivity contribution in [2.75, 3.05) is 6.61 Å². The van der Waals surface area contributed by atoms with Crippen molar-refractivity contribution in [3.05, 3.63) is 101 Å². The number of pyridine rings is 1. The van der Waals surface area contributed by atoms with Gasteiger partial charge >= 0.3 is 6.09 Å². The van der Waals surface area contributed by atoms with Crippen molar-refractivity contribution in [2.45, 2.75) is 18.9 Å². The van der Waals surface area contributed by atoms with Gasteiger partial charge in [0.15, 0.2) is 0 Å². The van der Waals surface area contributed by atoms with Crippen molar-refractivity contribution in [1.82, 2.24) is 10.3 Å². The van der Waals surface area contributed by atoms with Crippen molar-refractivity contribution >= 4 is 17.7 Å². The summed E-state index contributed by atoms with van der Waals surface area (Å²) in [5.74, 6) is 0. The zero-order chi connectivity index (χ0) is 18.9. The number of carbonyl (C=O) groups excluding carboxylic acids is 1. The van der Waals surface area contributed by atoms with Gasteiger partial charge < -0.3 is 10.1 Å². The minimum atomic E-state index is -0.437. The maximum atomic E-state index is 12.3. The van der Waals surface area contributed by atoms with Crippen LogP contribution in [0.2, 0.25) is 5.02 Å². The molecular weight excluding hydrogens is 360 g/mol. The summed E-state index contributed by atoms with van der Waals surface area (Å²) in [6.07, 6.45) is 4.69. The lowest BCUT2D eigenvalue weighted by atomic mass is 9.99. The lowest BCUT2D eigenvalue weighted by Crippen LogP contribution is -2.30. The topological polar surface area (TPSA) is 51.2 Å². The average molecular weight is 381 g/mol. The predicted molar refractivity (Wildman–Crippen MR) is 107 cm³/mol. The van der Waals surface area contributed by atoms with E-state index in [9.17, 15) is 4.79 Å². The van der Waals surface area contributed by atoms with Crippen LogP contribution in [0.15, 0.2) is 79.1 Å². The molecule has 4 nitrogen and oxygen atoms in total. The number of benzene rings is 2. The highest BCUT2D eigenvalue weighted by Crippen LogP contribution is 2.23. The number of hydrogen-bond acceptors (Lipinski definition) is 3. The molecule has 0 bridgehead atoms. The molecule has 5 heteroatoms. The molecule has 0 radical (unpaired) electrons. The smallest absolute Gasteiger partial charge is 0.407 e. The molecule has 3 aromatic rings. The molecule has 1 aromatic heterocycles. The molecule has 27 heavy (non-hydrogen) atoms. The van der Waals surface area contributed by atoms with Crippen LogP contribution in [-0.4, -0.2) is 17.7 Å². The van der Waals surface area contributed by atoms with Gasteiger partial charge in [0, 0.05) is 17.4 Å². The van der Waals surface area contributed by atoms with Crippen LogP contribution >= 0.6 is 11.6 Å². The number of carbonyl (C=O) groups is 1. The van der Waals surface area contributed by atoms with Crippen molar-refractivity contribution in [1.29, 1.82) is 0 Å². The Kier molecular flexibility index (Phi) is 6.83. The van der Waals surface area contributed by atoms with E-state index in [2.05, 4.69) is 10.3 Å². The molecule has 0 aliphatic heterocycles. The van der Waals surface area contributed by atoms with Crippen LogP contribution < -0.4 is 5.32 Å². The molecule has 0 fully saturated rings. The number of halogens is 1. The molecule has 1 heterocycles. The number of nitrogens with one attached hydrogen (secondary N) is 1. The van der Waals surface area contributed by atoms with Crippen molar-refractivity contribution in [2.24, 2.45) is 0 Å². The van der Waals surface area contributed by atoms with E-state index in [4.69, 9.17) is 16.3 Å². The number of hydrogen-bond donors (Lipinski definition) is 1. The first kappa shape index (κ1) is 18.9. The van der Waals surface area contributed by atoms with Crippen LogP contribution in [0.3, 0.4) is 0 Å². The Bertz CT molecular complexity index is 839. The number of amides is 1. The van der Waals surface area contributed by atoms with Gasteiger partial charge in [-0.2, -0.15) is 0 Å². The van der Waals surface area contributed by atoms with E-state index in [-0.39, 0.29) is 6.04 Å². The highest BCUT2D eigenvalue weighted by Gasteiger charge is 2.17. The number of alkyl carbamates (subject to hydrolysis) is 1. The van der Waals surface area contributed by atoms with Crippen LogP contribution in [0.25, 0.3) is 0 Å². The van der Waals surface area contributed by atoms with E-state index in [1.807, 2.05) is 66.7 Å². The van der Waals surface area contributed by atoms with Crippen LogP contribution in [0.1, 0.15) is 29.2 Å². The van der Waals surface area contributed by atoms with Crippen molar-refractivity contribution in [3.63, 3.8) is 0 Å². The normalized spacial score (nSPS) is 11.6. The second kappa shape index (κ2) is 9.74. The first-order valence-electron chi connectivity index (χ1n) is 8.85. The molecule has 0 saturated heterocycles. The van der Waals surface area contributed by atoms with Gasteiger partial charge in [0.05, 0.1) is 12.6 Å². The molecule has 1 amide bonds. The van der Waals surface area contributed by atoms with Gasteiger partial charge in [0.2, 0.25) is 0 Å². The first-order chi connectivity index (χ1) is 13.2. The minimum Gasteiger partial charge on any atom is -0.450 e. The monoisotopic (exact) mass is 380 g/mol. The molecule has 0 spiro atoms. The zero-order valence-electron chi connectivity index (χ0n) is 14.8. The number of aromatic nitrogens is 1. The number of aryl methyl sites for hydroxylation is 1. The van der Waals surface area contributed by atoms with E-state index in [1.54, 1.807) is 12.4 Å². The summed E-state index contributed by atoms with van der Waals surface area (Å²) in [6.45, 7) is 0.357. The Morgan fingerprint density at radius 3 is 2.33 bits per heavy atom. The summed E-state index contributed by atoms with van der Waals surface area (Å²) in [5.41, 5.74) is 3.10. The van der Waals surface area contributed by atoms with Crippen molar-refractivity contribution in [3.8, 4) is 0 Å². The third-order valence-corrected chi connectivity index (χ3v) is 4.44. The van der Waals surface area contributed by atoms with Gasteiger partial charge in [-0.3, -0.25) is 4.98 Å². The summed E-state index contributed by atoms with van der Waals surface area (Å²) >= 11 is 5.99. The van der Waals surface area contributed by atoms with Gasteiger partial charge in [-0.25, -0.2) is 4.79 Å². The largest absolute Gasteiger partial charge is 0.450 e. The lowest BCUT2D eigenvalue weighted by Gasteiger charge is -2.19. The van der Waals surface area contributed by atoms with E-state index >= 15 is 0 Å². The maximum absolute atomic E-state index is 12.3. The quantitative estimate of drug-likeness (QED) is 0.574. The van der Waals surface area contributed by atoms with Gasteiger partial charge in [0.25, 0.3) is 0 Å². The first-order valence-corrected chi connectivity index (χ1v) is 9.23. The number of ether oxygens (including phenoxy) is 1.